The lowest BCUT2D eigenvalue weighted by atomic mass is 10.0. The number of methoxy groups -OCH3 is 1. The van der Waals surface area contributed by atoms with Gasteiger partial charge in [-0.3, -0.25) is 0 Å². The number of benzene rings is 1. The molecule has 1 aliphatic rings. The second kappa shape index (κ2) is 4.06. The fourth-order valence-corrected chi connectivity index (χ4v) is 2.14. The quantitative estimate of drug-likeness (QED) is 0.796. The Bertz CT molecular complexity index is 361. The zero-order chi connectivity index (χ0) is 10.9. The van der Waals surface area contributed by atoms with Gasteiger partial charge in [0.2, 0.25) is 0 Å². The van der Waals surface area contributed by atoms with Crippen molar-refractivity contribution in [1.29, 1.82) is 0 Å². The predicted molar refractivity (Wildman–Crippen MR) is 64.6 cm³/mol. The van der Waals surface area contributed by atoms with Crippen molar-refractivity contribution in [1.82, 2.24) is 0 Å². The molecule has 0 aromatic heterocycles. The molecule has 0 aliphatic heterocycles. The van der Waals surface area contributed by atoms with E-state index in [0.717, 1.165) is 25.0 Å². The van der Waals surface area contributed by atoms with Crippen molar-refractivity contribution in [2.45, 2.75) is 29.7 Å². The fraction of sp³-hybridized carbons (Fsp3) is 0.500. The van der Waals surface area contributed by atoms with Crippen LogP contribution in [0.3, 0.4) is 0 Å². The second-order valence-electron chi connectivity index (χ2n) is 4.22. The highest BCUT2D eigenvalue weighted by atomic mass is 32.2. The van der Waals surface area contributed by atoms with Crippen LogP contribution in [0.2, 0.25) is 0 Å². The van der Waals surface area contributed by atoms with Crippen LogP contribution in [0.5, 0.6) is 5.75 Å². The van der Waals surface area contributed by atoms with Crippen molar-refractivity contribution < 1.29 is 4.74 Å². The lowest BCUT2D eigenvalue weighted by Gasteiger charge is -2.13. The lowest BCUT2D eigenvalue weighted by Crippen LogP contribution is -2.24. The molecule has 0 amide bonds. The van der Waals surface area contributed by atoms with Crippen molar-refractivity contribution >= 4 is 11.8 Å². The molecule has 0 heterocycles. The first kappa shape index (κ1) is 10.8. The van der Waals surface area contributed by atoms with Crippen molar-refractivity contribution in [3.05, 3.63) is 23.8 Å². The third-order valence-corrected chi connectivity index (χ3v) is 3.65. The van der Waals surface area contributed by atoms with Crippen molar-refractivity contribution in [3.63, 3.8) is 0 Å². The van der Waals surface area contributed by atoms with Crippen LogP contribution in [-0.2, 0) is 6.42 Å². The van der Waals surface area contributed by atoms with Crippen LogP contribution >= 0.6 is 11.8 Å². The van der Waals surface area contributed by atoms with Crippen molar-refractivity contribution in [3.8, 4) is 5.75 Å². The Morgan fingerprint density at radius 3 is 2.73 bits per heavy atom. The third kappa shape index (κ3) is 2.47. The van der Waals surface area contributed by atoms with Crippen LogP contribution < -0.4 is 10.5 Å². The van der Waals surface area contributed by atoms with E-state index in [0.29, 0.717) is 0 Å². The maximum atomic E-state index is 6.11. The Balaban J connectivity index is 2.22. The molecule has 1 saturated carbocycles. The summed E-state index contributed by atoms with van der Waals surface area (Å²) in [7, 11) is 1.72. The average molecular weight is 223 g/mol. The minimum atomic E-state index is 0.0498. The summed E-state index contributed by atoms with van der Waals surface area (Å²) in [6.07, 6.45) is 5.28. The highest BCUT2D eigenvalue weighted by Crippen LogP contribution is 2.38. The van der Waals surface area contributed by atoms with Gasteiger partial charge in [-0.1, -0.05) is 6.07 Å². The van der Waals surface area contributed by atoms with Gasteiger partial charge in [0.05, 0.1) is 7.11 Å². The van der Waals surface area contributed by atoms with E-state index in [1.165, 1.54) is 10.5 Å². The normalized spacial score (nSPS) is 17.5. The highest BCUT2D eigenvalue weighted by Gasteiger charge is 2.38. The summed E-state index contributed by atoms with van der Waals surface area (Å²) < 4.78 is 5.39. The molecular formula is C12H17NOS. The monoisotopic (exact) mass is 223 g/mol. The van der Waals surface area contributed by atoms with E-state index in [1.54, 1.807) is 18.9 Å². The molecule has 2 rings (SSSR count). The molecular weight excluding hydrogens is 206 g/mol. The SMILES string of the molecule is COc1cc(SC)ccc1CC1(N)CC1. The molecule has 1 aromatic rings. The largest absolute Gasteiger partial charge is 0.496 e. The number of rotatable bonds is 4. The van der Waals surface area contributed by atoms with Gasteiger partial charge in [0.25, 0.3) is 0 Å². The van der Waals surface area contributed by atoms with E-state index in [1.807, 2.05) is 0 Å². The molecule has 0 radical (unpaired) electrons. The Morgan fingerprint density at radius 2 is 2.20 bits per heavy atom. The van der Waals surface area contributed by atoms with Crippen LogP contribution in [-0.4, -0.2) is 18.9 Å². The first-order chi connectivity index (χ1) is 7.17. The minimum Gasteiger partial charge on any atom is -0.496 e. The van der Waals surface area contributed by atoms with Gasteiger partial charge in [-0.15, -0.1) is 11.8 Å². The molecule has 0 bridgehead atoms. The smallest absolute Gasteiger partial charge is 0.123 e. The van der Waals surface area contributed by atoms with E-state index >= 15 is 0 Å². The van der Waals surface area contributed by atoms with E-state index in [-0.39, 0.29) is 5.54 Å². The van der Waals surface area contributed by atoms with Gasteiger partial charge in [0.1, 0.15) is 5.75 Å². The Labute approximate surface area is 95.2 Å². The van der Waals surface area contributed by atoms with Gasteiger partial charge < -0.3 is 10.5 Å². The van der Waals surface area contributed by atoms with E-state index in [4.69, 9.17) is 10.5 Å². The molecule has 2 N–H and O–H groups in total. The molecule has 1 aromatic carbocycles. The molecule has 0 unspecified atom stereocenters. The van der Waals surface area contributed by atoms with E-state index in [9.17, 15) is 0 Å². The van der Waals surface area contributed by atoms with Crippen molar-refractivity contribution in [2.75, 3.05) is 13.4 Å². The summed E-state index contributed by atoms with van der Waals surface area (Å²) in [4.78, 5) is 1.23. The van der Waals surface area contributed by atoms with E-state index < -0.39 is 0 Å². The fourth-order valence-electron chi connectivity index (χ4n) is 1.71. The van der Waals surface area contributed by atoms with E-state index in [2.05, 4.69) is 24.5 Å². The molecule has 82 valence electrons. The molecule has 3 heteroatoms. The van der Waals surface area contributed by atoms with Crippen LogP contribution in [0.25, 0.3) is 0 Å². The molecule has 0 saturated heterocycles. The molecule has 2 nitrogen and oxygen atoms in total. The maximum Gasteiger partial charge on any atom is 0.123 e. The Hall–Kier alpha value is -0.670. The third-order valence-electron chi connectivity index (χ3n) is 2.93. The summed E-state index contributed by atoms with van der Waals surface area (Å²) >= 11 is 1.73. The maximum absolute atomic E-state index is 6.11. The number of hydrogen-bond acceptors (Lipinski definition) is 3. The zero-order valence-corrected chi connectivity index (χ0v) is 10.1. The van der Waals surface area contributed by atoms with Crippen LogP contribution in [0.1, 0.15) is 18.4 Å². The number of nitrogens with two attached hydrogens (primary N) is 1. The van der Waals surface area contributed by atoms with Crippen LogP contribution in [0, 0.1) is 0 Å². The van der Waals surface area contributed by atoms with Crippen LogP contribution in [0.4, 0.5) is 0 Å². The van der Waals surface area contributed by atoms with Gasteiger partial charge in [-0.25, -0.2) is 0 Å². The second-order valence-corrected chi connectivity index (χ2v) is 5.10. The summed E-state index contributed by atoms with van der Waals surface area (Å²) in [5, 5.41) is 0. The van der Waals surface area contributed by atoms with Gasteiger partial charge >= 0.3 is 0 Å². The molecule has 15 heavy (non-hydrogen) atoms. The number of thioether (sulfide) groups is 1. The zero-order valence-electron chi connectivity index (χ0n) is 9.25. The topological polar surface area (TPSA) is 35.2 Å². The summed E-state index contributed by atoms with van der Waals surface area (Å²) in [5.74, 6) is 0.971. The predicted octanol–water partition coefficient (Wildman–Crippen LogP) is 2.45. The average Bonchev–Trinajstić information content (AvgIpc) is 2.97. The number of ether oxygens (including phenoxy) is 1. The standard InChI is InChI=1S/C12H17NOS/c1-14-11-7-10(15-2)4-3-9(11)8-12(13)5-6-12/h3-4,7H,5-6,8,13H2,1-2H3. The molecule has 0 atom stereocenters. The van der Waals surface area contributed by atoms with Gasteiger partial charge in [0, 0.05) is 10.4 Å². The molecule has 1 fully saturated rings. The van der Waals surface area contributed by atoms with Gasteiger partial charge in [-0.2, -0.15) is 0 Å². The van der Waals surface area contributed by atoms with Crippen LogP contribution in [0.15, 0.2) is 23.1 Å². The Morgan fingerprint density at radius 1 is 1.47 bits per heavy atom. The lowest BCUT2D eigenvalue weighted by molar-refractivity contribution is 0.406. The number of hydrogen-bond donors (Lipinski definition) is 1. The molecule has 1 aliphatic carbocycles. The summed E-state index contributed by atoms with van der Waals surface area (Å²) in [5.41, 5.74) is 7.39. The summed E-state index contributed by atoms with van der Waals surface area (Å²) in [6.45, 7) is 0. The van der Waals surface area contributed by atoms with Gasteiger partial charge in [0.15, 0.2) is 0 Å². The van der Waals surface area contributed by atoms with Crippen molar-refractivity contribution in [2.24, 2.45) is 5.73 Å². The first-order valence-corrected chi connectivity index (χ1v) is 6.39. The Kier molecular flexibility index (Phi) is 2.94. The summed E-state index contributed by atoms with van der Waals surface area (Å²) in [6, 6.07) is 6.36. The minimum absolute atomic E-state index is 0.0498. The highest BCUT2D eigenvalue weighted by molar-refractivity contribution is 7.98. The first-order valence-electron chi connectivity index (χ1n) is 5.17. The molecule has 0 spiro atoms. The van der Waals surface area contributed by atoms with Gasteiger partial charge in [-0.05, 0) is 43.2 Å².